The number of carboxylic acid groups (broad SMARTS) is 1. The number of aromatic carboxylic acids is 1. The lowest BCUT2D eigenvalue weighted by Crippen LogP contribution is -2.34. The third kappa shape index (κ3) is 6.26. The van der Waals surface area contributed by atoms with Crippen LogP contribution in [0, 0.1) is 5.82 Å². The number of rotatable bonds is 12. The van der Waals surface area contributed by atoms with Crippen molar-refractivity contribution in [1.29, 1.82) is 0 Å². The molecule has 0 amide bonds. The van der Waals surface area contributed by atoms with E-state index in [4.69, 9.17) is 9.26 Å². The Morgan fingerprint density at radius 2 is 1.88 bits per heavy atom. The van der Waals surface area contributed by atoms with Gasteiger partial charge in [-0.05, 0) is 41.0 Å². The first kappa shape index (κ1) is 24.6. The van der Waals surface area contributed by atoms with Gasteiger partial charge in [0, 0.05) is 6.61 Å². The Morgan fingerprint density at radius 3 is 2.55 bits per heavy atom. The summed E-state index contributed by atoms with van der Waals surface area (Å²) >= 11 is 0. The van der Waals surface area contributed by atoms with Crippen molar-refractivity contribution in [3.05, 3.63) is 77.6 Å². The van der Waals surface area contributed by atoms with Gasteiger partial charge >= 0.3 is 13.5 Å². The van der Waals surface area contributed by atoms with E-state index in [1.54, 1.807) is 54.6 Å². The highest BCUT2D eigenvalue weighted by Gasteiger charge is 2.33. The summed E-state index contributed by atoms with van der Waals surface area (Å²) in [6, 6.07) is 15.1. The van der Waals surface area contributed by atoms with E-state index in [1.807, 2.05) is 6.92 Å². The maximum atomic E-state index is 14.8. The molecule has 3 rings (SSSR count). The van der Waals surface area contributed by atoms with Gasteiger partial charge in [-0.2, -0.15) is 0 Å². The predicted molar refractivity (Wildman–Crippen MR) is 123 cm³/mol. The van der Waals surface area contributed by atoms with E-state index >= 15 is 0 Å². The number of benzene rings is 3. The Kier molecular flexibility index (Phi) is 8.33. The zero-order valence-electron chi connectivity index (χ0n) is 18.1. The molecule has 0 aliphatic rings. The first-order valence-corrected chi connectivity index (χ1v) is 12.3. The van der Waals surface area contributed by atoms with Crippen LogP contribution in [0.15, 0.2) is 60.7 Å². The second kappa shape index (κ2) is 11.2. The Hall–Kier alpha value is -3.06. The molecule has 3 aromatic carbocycles. The number of halogens is 1. The SMILES string of the molecule is CCCOC[C@@H](C=O)NP(=O)(Cc1c(C(=O)O)c(F)cc2ccccc12)Oc1ccccc1. The van der Waals surface area contributed by atoms with Crippen molar-refractivity contribution in [2.45, 2.75) is 25.5 Å². The van der Waals surface area contributed by atoms with E-state index in [0.29, 0.717) is 23.7 Å². The van der Waals surface area contributed by atoms with Crippen LogP contribution in [0.4, 0.5) is 4.39 Å². The van der Waals surface area contributed by atoms with Crippen LogP contribution in [0.1, 0.15) is 29.3 Å². The van der Waals surface area contributed by atoms with Crippen LogP contribution in [0.25, 0.3) is 10.8 Å². The summed E-state index contributed by atoms with van der Waals surface area (Å²) in [7, 11) is -3.97. The van der Waals surface area contributed by atoms with Crippen molar-refractivity contribution >= 4 is 30.5 Å². The van der Waals surface area contributed by atoms with Crippen molar-refractivity contribution in [2.24, 2.45) is 0 Å². The minimum atomic E-state index is -3.97. The van der Waals surface area contributed by atoms with Gasteiger partial charge in [-0.1, -0.05) is 49.4 Å². The molecule has 0 fully saturated rings. The van der Waals surface area contributed by atoms with Gasteiger partial charge in [-0.25, -0.2) is 14.3 Å². The Labute approximate surface area is 191 Å². The molecule has 174 valence electrons. The zero-order valence-corrected chi connectivity index (χ0v) is 19.0. The molecular weight excluding hydrogens is 448 g/mol. The Balaban J connectivity index is 2.07. The fraction of sp³-hybridized carbons (Fsp3) is 0.250. The van der Waals surface area contributed by atoms with Crippen LogP contribution < -0.4 is 9.61 Å². The minimum Gasteiger partial charge on any atom is -0.478 e. The average molecular weight is 473 g/mol. The first-order valence-electron chi connectivity index (χ1n) is 10.4. The standard InChI is InChI=1S/C24H25FNO6P/c1-2-12-31-15-18(14-27)26-33(30,32-19-9-4-3-5-10-19)16-21-20-11-7-6-8-17(20)13-22(25)23(21)24(28)29/h3-11,13-14,18H,2,12,15-16H2,1H3,(H,26,30)(H,28,29)/t18-,33?/m1/s1. The highest BCUT2D eigenvalue weighted by Crippen LogP contribution is 2.49. The summed E-state index contributed by atoms with van der Waals surface area (Å²) in [5.74, 6) is -2.18. The molecule has 7 nitrogen and oxygen atoms in total. The van der Waals surface area contributed by atoms with Crippen LogP contribution in [0.3, 0.4) is 0 Å². The summed E-state index contributed by atoms with van der Waals surface area (Å²) in [4.78, 5) is 23.6. The number of ether oxygens (including phenoxy) is 1. The molecule has 1 unspecified atom stereocenters. The Bertz CT molecular complexity index is 1170. The average Bonchev–Trinajstić information content (AvgIpc) is 2.78. The number of carbonyl (C=O) groups is 2. The van der Waals surface area contributed by atoms with Crippen molar-refractivity contribution < 1.29 is 32.9 Å². The number of para-hydroxylation sites is 1. The minimum absolute atomic E-state index is 0.0176. The normalized spacial score (nSPS) is 13.9. The van der Waals surface area contributed by atoms with Gasteiger partial charge in [0.25, 0.3) is 0 Å². The first-order chi connectivity index (χ1) is 15.9. The number of hydrogen-bond acceptors (Lipinski definition) is 5. The number of carbonyl (C=O) groups excluding carboxylic acids is 1. The van der Waals surface area contributed by atoms with Gasteiger partial charge in [0.2, 0.25) is 0 Å². The molecule has 0 aliphatic carbocycles. The van der Waals surface area contributed by atoms with Crippen molar-refractivity contribution in [3.63, 3.8) is 0 Å². The lowest BCUT2D eigenvalue weighted by atomic mass is 9.99. The second-order valence-electron chi connectivity index (χ2n) is 7.42. The molecule has 0 aromatic heterocycles. The molecule has 2 N–H and O–H groups in total. The molecule has 0 bridgehead atoms. The van der Waals surface area contributed by atoms with Gasteiger partial charge < -0.3 is 19.2 Å². The van der Waals surface area contributed by atoms with Gasteiger partial charge in [0.1, 0.15) is 17.9 Å². The molecule has 3 aromatic rings. The highest BCUT2D eigenvalue weighted by atomic mass is 31.2. The molecule has 0 aliphatic heterocycles. The molecule has 0 heterocycles. The maximum Gasteiger partial charge on any atom is 0.339 e. The van der Waals surface area contributed by atoms with Crippen LogP contribution >= 0.6 is 7.52 Å². The Morgan fingerprint density at radius 1 is 1.18 bits per heavy atom. The third-order valence-electron chi connectivity index (χ3n) is 4.86. The largest absolute Gasteiger partial charge is 0.478 e. The summed E-state index contributed by atoms with van der Waals surface area (Å²) < 4.78 is 40.0. The number of carboxylic acids is 1. The van der Waals surface area contributed by atoms with Crippen molar-refractivity contribution in [1.82, 2.24) is 5.09 Å². The van der Waals surface area contributed by atoms with Crippen LogP contribution in [-0.4, -0.2) is 36.6 Å². The zero-order chi connectivity index (χ0) is 23.8. The highest BCUT2D eigenvalue weighted by molar-refractivity contribution is 7.56. The number of hydrogen-bond donors (Lipinski definition) is 2. The lowest BCUT2D eigenvalue weighted by molar-refractivity contribution is -0.110. The number of fused-ring (bicyclic) bond motifs is 1. The molecular formula is C24H25FNO6P. The van der Waals surface area contributed by atoms with Crippen molar-refractivity contribution in [2.75, 3.05) is 13.2 Å². The molecule has 0 saturated heterocycles. The van der Waals surface area contributed by atoms with Crippen LogP contribution in [0.5, 0.6) is 5.75 Å². The van der Waals surface area contributed by atoms with E-state index in [2.05, 4.69) is 5.09 Å². The molecule has 0 spiro atoms. The van der Waals surface area contributed by atoms with Crippen LogP contribution in [0.2, 0.25) is 0 Å². The topological polar surface area (TPSA) is 102 Å². The van der Waals surface area contributed by atoms with Gasteiger partial charge in [-0.3, -0.25) is 4.57 Å². The number of aldehydes is 1. The fourth-order valence-corrected chi connectivity index (χ4v) is 5.52. The molecule has 33 heavy (non-hydrogen) atoms. The van der Waals surface area contributed by atoms with Gasteiger partial charge in [-0.15, -0.1) is 0 Å². The van der Waals surface area contributed by atoms with Crippen molar-refractivity contribution in [3.8, 4) is 5.75 Å². The smallest absolute Gasteiger partial charge is 0.339 e. The summed E-state index contributed by atoms with van der Waals surface area (Å²) in [6.07, 6.45) is 0.833. The maximum absolute atomic E-state index is 14.8. The monoisotopic (exact) mass is 473 g/mol. The summed E-state index contributed by atoms with van der Waals surface area (Å²) in [5.41, 5.74) is -0.568. The second-order valence-corrected chi connectivity index (χ2v) is 9.52. The molecule has 0 radical (unpaired) electrons. The third-order valence-corrected chi connectivity index (χ3v) is 6.82. The van der Waals surface area contributed by atoms with E-state index in [-0.39, 0.29) is 17.9 Å². The van der Waals surface area contributed by atoms with E-state index < -0.39 is 37.1 Å². The molecule has 9 heteroatoms. The van der Waals surface area contributed by atoms with E-state index in [9.17, 15) is 23.7 Å². The molecule has 2 atom stereocenters. The van der Waals surface area contributed by atoms with Gasteiger partial charge in [0.05, 0.1) is 24.4 Å². The van der Waals surface area contributed by atoms with E-state index in [1.165, 1.54) is 0 Å². The number of nitrogens with one attached hydrogen (secondary N) is 1. The summed E-state index contributed by atoms with van der Waals surface area (Å²) in [6.45, 7) is 2.28. The fourth-order valence-electron chi connectivity index (χ4n) is 3.46. The summed E-state index contributed by atoms with van der Waals surface area (Å²) in [5, 5.41) is 13.3. The quantitative estimate of drug-likeness (QED) is 0.216. The lowest BCUT2D eigenvalue weighted by Gasteiger charge is -2.25. The molecule has 0 saturated carbocycles. The van der Waals surface area contributed by atoms with Crippen LogP contribution in [-0.2, 0) is 20.3 Å². The predicted octanol–water partition coefficient (Wildman–Crippen LogP) is 5.03. The van der Waals surface area contributed by atoms with Gasteiger partial charge in [0.15, 0.2) is 0 Å². The van der Waals surface area contributed by atoms with E-state index in [0.717, 1.165) is 12.5 Å².